The smallest absolute Gasteiger partial charge is 0.255 e. The normalized spacial score (nSPS) is 14.0. The van der Waals surface area contributed by atoms with Crippen LogP contribution < -0.4 is 0 Å². The van der Waals surface area contributed by atoms with Gasteiger partial charge in [0.2, 0.25) is 0 Å². The summed E-state index contributed by atoms with van der Waals surface area (Å²) in [6, 6.07) is 14.7. The third-order valence-corrected chi connectivity index (χ3v) is 4.43. The lowest BCUT2D eigenvalue weighted by atomic mass is 10.1. The summed E-state index contributed by atoms with van der Waals surface area (Å²) in [6.45, 7) is 0.563. The lowest BCUT2D eigenvalue weighted by molar-refractivity contribution is 0.0728. The molecule has 1 saturated carbocycles. The number of benzene rings is 2. The van der Waals surface area contributed by atoms with Crippen LogP contribution in [0, 0.1) is 5.82 Å². The van der Waals surface area contributed by atoms with E-state index < -0.39 is 5.82 Å². The van der Waals surface area contributed by atoms with Crippen molar-refractivity contribution in [3.05, 3.63) is 69.9 Å². The molecule has 0 radical (unpaired) electrons. The van der Waals surface area contributed by atoms with Gasteiger partial charge in [-0.05, 0) is 46.5 Å². The van der Waals surface area contributed by atoms with Crippen LogP contribution >= 0.6 is 15.9 Å². The predicted octanol–water partition coefficient (Wildman–Crippen LogP) is 4.39. The van der Waals surface area contributed by atoms with E-state index >= 15 is 0 Å². The number of carbonyl (C=O) groups is 1. The highest BCUT2D eigenvalue weighted by atomic mass is 79.9. The molecule has 0 atom stereocenters. The molecule has 2 nitrogen and oxygen atoms in total. The van der Waals surface area contributed by atoms with Gasteiger partial charge in [-0.15, -0.1) is 0 Å². The molecular weight excluding hydrogens is 333 g/mol. The molecule has 0 unspecified atom stereocenters. The van der Waals surface area contributed by atoms with Gasteiger partial charge in [0.05, 0.1) is 10.0 Å². The number of nitrogens with zero attached hydrogens (tertiary/aromatic N) is 1. The fourth-order valence-electron chi connectivity index (χ4n) is 2.36. The Morgan fingerprint density at radius 2 is 1.86 bits per heavy atom. The average molecular weight is 348 g/mol. The van der Waals surface area contributed by atoms with E-state index in [4.69, 9.17) is 0 Å². The number of rotatable bonds is 4. The van der Waals surface area contributed by atoms with Crippen LogP contribution in [-0.2, 0) is 6.54 Å². The van der Waals surface area contributed by atoms with Crippen molar-refractivity contribution in [2.75, 3.05) is 0 Å². The summed E-state index contributed by atoms with van der Waals surface area (Å²) >= 11 is 3.18. The fraction of sp³-hybridized carbons (Fsp3) is 0.235. The molecule has 0 aliphatic heterocycles. The summed E-state index contributed by atoms with van der Waals surface area (Å²) < 4.78 is 13.9. The van der Waals surface area contributed by atoms with Crippen LogP contribution in [0.2, 0.25) is 0 Å². The zero-order valence-corrected chi connectivity index (χ0v) is 13.0. The Morgan fingerprint density at radius 1 is 1.14 bits per heavy atom. The Kier molecular flexibility index (Phi) is 4.06. The molecule has 0 spiro atoms. The molecule has 0 bridgehead atoms. The second-order valence-electron chi connectivity index (χ2n) is 5.25. The van der Waals surface area contributed by atoms with Gasteiger partial charge in [-0.2, -0.15) is 0 Å². The van der Waals surface area contributed by atoms with E-state index in [1.807, 2.05) is 35.2 Å². The number of carbonyl (C=O) groups excluding carboxylic acids is 1. The van der Waals surface area contributed by atoms with Crippen molar-refractivity contribution in [3.63, 3.8) is 0 Å². The largest absolute Gasteiger partial charge is 0.331 e. The minimum absolute atomic E-state index is 0.118. The van der Waals surface area contributed by atoms with Crippen LogP contribution in [0.5, 0.6) is 0 Å². The van der Waals surface area contributed by atoms with Crippen LogP contribution in [0.25, 0.3) is 0 Å². The van der Waals surface area contributed by atoms with Crippen molar-refractivity contribution in [2.45, 2.75) is 25.4 Å². The number of halogens is 2. The van der Waals surface area contributed by atoms with E-state index in [2.05, 4.69) is 15.9 Å². The minimum Gasteiger partial charge on any atom is -0.331 e. The zero-order chi connectivity index (χ0) is 14.8. The van der Waals surface area contributed by atoms with Crippen LogP contribution in [-0.4, -0.2) is 16.8 Å². The molecule has 2 aromatic rings. The van der Waals surface area contributed by atoms with Crippen LogP contribution in [0.15, 0.2) is 53.0 Å². The van der Waals surface area contributed by atoms with Crippen LogP contribution in [0.4, 0.5) is 4.39 Å². The van der Waals surface area contributed by atoms with Crippen LogP contribution in [0.3, 0.4) is 0 Å². The number of hydrogen-bond acceptors (Lipinski definition) is 1. The number of hydrogen-bond donors (Lipinski definition) is 0. The molecule has 1 aliphatic rings. The third kappa shape index (κ3) is 3.16. The quantitative estimate of drug-likeness (QED) is 0.802. The van der Waals surface area contributed by atoms with Crippen molar-refractivity contribution < 1.29 is 9.18 Å². The van der Waals surface area contributed by atoms with Gasteiger partial charge >= 0.3 is 0 Å². The standard InChI is InChI=1S/C17H15BrFNO/c18-16-14(7-4-8-15(16)19)17(21)20(13-9-10-13)11-12-5-2-1-3-6-12/h1-8,13H,9-11H2. The first-order valence-corrected chi connectivity index (χ1v) is 7.75. The van der Waals surface area contributed by atoms with Gasteiger partial charge in [-0.25, -0.2) is 4.39 Å². The van der Waals surface area contributed by atoms with E-state index in [1.165, 1.54) is 6.07 Å². The van der Waals surface area contributed by atoms with E-state index in [0.717, 1.165) is 18.4 Å². The van der Waals surface area contributed by atoms with Gasteiger partial charge in [0.25, 0.3) is 5.91 Å². The average Bonchev–Trinajstić information content (AvgIpc) is 3.33. The Morgan fingerprint density at radius 3 is 2.52 bits per heavy atom. The molecule has 108 valence electrons. The van der Waals surface area contributed by atoms with Crippen molar-refractivity contribution in [1.82, 2.24) is 4.90 Å². The summed E-state index contributed by atoms with van der Waals surface area (Å²) in [5.74, 6) is -0.524. The lowest BCUT2D eigenvalue weighted by Gasteiger charge is -2.23. The Bertz CT molecular complexity index is 655. The maximum Gasteiger partial charge on any atom is 0.255 e. The lowest BCUT2D eigenvalue weighted by Crippen LogP contribution is -2.32. The first-order chi connectivity index (χ1) is 10.2. The maximum absolute atomic E-state index is 13.6. The summed E-state index contributed by atoms with van der Waals surface area (Å²) in [5, 5.41) is 0. The van der Waals surface area contributed by atoms with Gasteiger partial charge in [-0.1, -0.05) is 36.4 Å². The molecule has 0 saturated heterocycles. The molecule has 21 heavy (non-hydrogen) atoms. The highest BCUT2D eigenvalue weighted by Crippen LogP contribution is 2.31. The first-order valence-electron chi connectivity index (χ1n) is 6.95. The van der Waals surface area contributed by atoms with Gasteiger partial charge in [0.15, 0.2) is 0 Å². The molecule has 4 heteroatoms. The van der Waals surface area contributed by atoms with Crippen molar-refractivity contribution in [2.24, 2.45) is 0 Å². The van der Waals surface area contributed by atoms with E-state index in [0.29, 0.717) is 12.1 Å². The molecule has 1 fully saturated rings. The summed E-state index contributed by atoms with van der Waals surface area (Å²) in [4.78, 5) is 14.6. The van der Waals surface area contributed by atoms with Crippen LogP contribution in [0.1, 0.15) is 28.8 Å². The highest BCUT2D eigenvalue weighted by Gasteiger charge is 2.33. The Labute approximate surface area is 131 Å². The van der Waals surface area contributed by atoms with E-state index in [1.54, 1.807) is 12.1 Å². The molecule has 0 aromatic heterocycles. The van der Waals surface area contributed by atoms with Crippen molar-refractivity contribution in [1.29, 1.82) is 0 Å². The highest BCUT2D eigenvalue weighted by molar-refractivity contribution is 9.10. The molecule has 1 aliphatic carbocycles. The molecular formula is C17H15BrFNO. The van der Waals surface area contributed by atoms with Gasteiger partial charge in [0.1, 0.15) is 5.82 Å². The molecule has 0 heterocycles. The molecule has 1 amide bonds. The Balaban J connectivity index is 1.87. The van der Waals surface area contributed by atoms with Crippen molar-refractivity contribution >= 4 is 21.8 Å². The summed E-state index contributed by atoms with van der Waals surface area (Å²) in [5.41, 5.74) is 1.48. The van der Waals surface area contributed by atoms with Gasteiger partial charge in [-0.3, -0.25) is 4.79 Å². The van der Waals surface area contributed by atoms with E-state index in [-0.39, 0.29) is 16.4 Å². The first kappa shape index (κ1) is 14.3. The Hall–Kier alpha value is -1.68. The van der Waals surface area contributed by atoms with Gasteiger partial charge < -0.3 is 4.90 Å². The SMILES string of the molecule is O=C(c1cccc(F)c1Br)N(Cc1ccccc1)C1CC1. The van der Waals surface area contributed by atoms with Crippen molar-refractivity contribution in [3.8, 4) is 0 Å². The number of amides is 1. The second kappa shape index (κ2) is 5.98. The van der Waals surface area contributed by atoms with E-state index in [9.17, 15) is 9.18 Å². The topological polar surface area (TPSA) is 20.3 Å². The third-order valence-electron chi connectivity index (χ3n) is 3.63. The summed E-state index contributed by atoms with van der Waals surface area (Å²) in [6.07, 6.45) is 2.04. The summed E-state index contributed by atoms with van der Waals surface area (Å²) in [7, 11) is 0. The fourth-order valence-corrected chi connectivity index (χ4v) is 2.79. The monoisotopic (exact) mass is 347 g/mol. The zero-order valence-electron chi connectivity index (χ0n) is 11.4. The second-order valence-corrected chi connectivity index (χ2v) is 6.04. The maximum atomic E-state index is 13.6. The molecule has 2 aromatic carbocycles. The minimum atomic E-state index is -0.406. The predicted molar refractivity (Wildman–Crippen MR) is 83.4 cm³/mol. The molecule has 3 rings (SSSR count). The van der Waals surface area contributed by atoms with Gasteiger partial charge in [0, 0.05) is 12.6 Å². The molecule has 0 N–H and O–H groups in total.